The molecule has 0 bridgehead atoms. The average molecular weight is 286 g/mol. The fraction of sp³-hybridized carbons (Fsp3) is 0.417. The molecule has 18 heavy (non-hydrogen) atoms. The zero-order chi connectivity index (χ0) is 11.7. The first-order valence-electron chi connectivity index (χ1n) is 5.79. The summed E-state index contributed by atoms with van der Waals surface area (Å²) in [5.41, 5.74) is 7.83. The van der Waals surface area contributed by atoms with Gasteiger partial charge in [-0.2, -0.15) is 0 Å². The normalized spacial score (nSPS) is 15.7. The molecule has 1 aromatic carbocycles. The van der Waals surface area contributed by atoms with Gasteiger partial charge in [-0.1, -0.05) is 17.4 Å². The molecule has 1 fully saturated rings. The van der Waals surface area contributed by atoms with Crippen molar-refractivity contribution in [1.29, 1.82) is 0 Å². The molecule has 3 rings (SSSR count). The molecule has 0 radical (unpaired) electrons. The molecular formula is C12H16ClN3OS. The molecule has 98 valence electrons. The lowest BCUT2D eigenvalue weighted by Crippen LogP contribution is -2.36. The summed E-state index contributed by atoms with van der Waals surface area (Å²) in [5.74, 6) is 0. The molecule has 1 aliphatic rings. The molecule has 6 heteroatoms. The van der Waals surface area contributed by atoms with Gasteiger partial charge in [0.25, 0.3) is 0 Å². The maximum Gasteiger partial charge on any atom is 0.186 e. The van der Waals surface area contributed by atoms with Crippen LogP contribution in [0.15, 0.2) is 18.2 Å². The first-order chi connectivity index (χ1) is 8.36. The third-order valence-corrected chi connectivity index (χ3v) is 4.06. The topological polar surface area (TPSA) is 51.4 Å². The zero-order valence-electron chi connectivity index (χ0n) is 9.96. The molecule has 1 aliphatic heterocycles. The molecule has 1 saturated heterocycles. The molecular weight excluding hydrogens is 270 g/mol. The standard InChI is InChI=1S/C12H15N3OS.ClH/c13-8-9-1-2-11-10(7-9)14-12(17-11)15-3-5-16-6-4-15;/h1-2,7H,3-6,8,13H2;1H. The summed E-state index contributed by atoms with van der Waals surface area (Å²) in [5, 5.41) is 1.09. The van der Waals surface area contributed by atoms with E-state index in [1.54, 1.807) is 11.3 Å². The highest BCUT2D eigenvalue weighted by atomic mass is 35.5. The van der Waals surface area contributed by atoms with Gasteiger partial charge in [-0.15, -0.1) is 12.4 Å². The van der Waals surface area contributed by atoms with E-state index in [4.69, 9.17) is 10.5 Å². The Kier molecular flexibility index (Phi) is 4.40. The van der Waals surface area contributed by atoms with E-state index in [1.807, 2.05) is 0 Å². The molecule has 1 aromatic heterocycles. The number of hydrogen-bond acceptors (Lipinski definition) is 5. The van der Waals surface area contributed by atoms with Crippen LogP contribution < -0.4 is 10.6 Å². The van der Waals surface area contributed by atoms with Crippen molar-refractivity contribution >= 4 is 39.1 Å². The number of nitrogens with zero attached hydrogens (tertiary/aromatic N) is 2. The highest BCUT2D eigenvalue weighted by Crippen LogP contribution is 2.29. The van der Waals surface area contributed by atoms with Crippen LogP contribution in [0, 0.1) is 0 Å². The third-order valence-electron chi connectivity index (χ3n) is 2.96. The van der Waals surface area contributed by atoms with E-state index in [-0.39, 0.29) is 12.4 Å². The van der Waals surface area contributed by atoms with Crippen molar-refractivity contribution in [2.24, 2.45) is 5.73 Å². The number of fused-ring (bicyclic) bond motifs is 1. The maximum absolute atomic E-state index is 5.64. The summed E-state index contributed by atoms with van der Waals surface area (Å²) in [6.45, 7) is 4.03. The highest BCUT2D eigenvalue weighted by molar-refractivity contribution is 7.22. The molecule has 2 heterocycles. The summed E-state index contributed by atoms with van der Waals surface area (Å²) >= 11 is 1.74. The van der Waals surface area contributed by atoms with Crippen LogP contribution in [0.3, 0.4) is 0 Å². The number of halogens is 1. The van der Waals surface area contributed by atoms with Gasteiger partial charge in [-0.05, 0) is 17.7 Å². The first-order valence-corrected chi connectivity index (χ1v) is 6.61. The number of nitrogens with two attached hydrogens (primary N) is 1. The van der Waals surface area contributed by atoms with Crippen LogP contribution in [0.4, 0.5) is 5.13 Å². The second kappa shape index (κ2) is 5.84. The number of anilines is 1. The molecule has 4 nitrogen and oxygen atoms in total. The van der Waals surface area contributed by atoms with Crippen molar-refractivity contribution in [2.45, 2.75) is 6.54 Å². The average Bonchev–Trinajstić information content (AvgIpc) is 2.82. The van der Waals surface area contributed by atoms with E-state index in [1.165, 1.54) is 4.70 Å². The minimum absolute atomic E-state index is 0. The number of aromatic nitrogens is 1. The van der Waals surface area contributed by atoms with Gasteiger partial charge in [0.15, 0.2) is 5.13 Å². The number of ether oxygens (including phenoxy) is 1. The number of thiazole rings is 1. The van der Waals surface area contributed by atoms with Crippen LogP contribution in [0.1, 0.15) is 5.56 Å². The second-order valence-corrected chi connectivity index (χ2v) is 5.11. The molecule has 0 aliphatic carbocycles. The Morgan fingerprint density at radius 3 is 2.83 bits per heavy atom. The Morgan fingerprint density at radius 1 is 1.33 bits per heavy atom. The fourth-order valence-corrected chi connectivity index (χ4v) is 2.98. The largest absolute Gasteiger partial charge is 0.378 e. The summed E-state index contributed by atoms with van der Waals surface area (Å²) in [6, 6.07) is 6.26. The van der Waals surface area contributed by atoms with Crippen LogP contribution in [-0.4, -0.2) is 31.3 Å². The summed E-state index contributed by atoms with van der Waals surface area (Å²) in [4.78, 5) is 6.97. The van der Waals surface area contributed by atoms with Crippen LogP contribution in [0.2, 0.25) is 0 Å². The van der Waals surface area contributed by atoms with Crippen molar-refractivity contribution in [3.05, 3.63) is 23.8 Å². The van der Waals surface area contributed by atoms with Gasteiger partial charge in [0.2, 0.25) is 0 Å². The number of benzene rings is 1. The fourth-order valence-electron chi connectivity index (χ4n) is 1.98. The summed E-state index contributed by atoms with van der Waals surface area (Å²) < 4.78 is 6.58. The van der Waals surface area contributed by atoms with E-state index in [0.29, 0.717) is 6.54 Å². The van der Waals surface area contributed by atoms with E-state index in [9.17, 15) is 0 Å². The smallest absolute Gasteiger partial charge is 0.186 e. The van der Waals surface area contributed by atoms with Gasteiger partial charge in [0.1, 0.15) is 0 Å². The molecule has 0 amide bonds. The molecule has 0 saturated carbocycles. The molecule has 0 unspecified atom stereocenters. The lowest BCUT2D eigenvalue weighted by Gasteiger charge is -2.25. The molecule has 0 spiro atoms. The van der Waals surface area contributed by atoms with E-state index in [2.05, 4.69) is 28.1 Å². The van der Waals surface area contributed by atoms with Gasteiger partial charge in [0.05, 0.1) is 23.4 Å². The monoisotopic (exact) mass is 285 g/mol. The second-order valence-electron chi connectivity index (χ2n) is 4.10. The Bertz CT molecular complexity index is 525. The molecule has 0 atom stereocenters. The summed E-state index contributed by atoms with van der Waals surface area (Å²) in [6.07, 6.45) is 0. The van der Waals surface area contributed by atoms with Gasteiger partial charge in [-0.25, -0.2) is 4.98 Å². The predicted molar refractivity (Wildman–Crippen MR) is 77.8 cm³/mol. The minimum atomic E-state index is 0. The number of hydrogen-bond donors (Lipinski definition) is 1. The third kappa shape index (κ3) is 2.59. The van der Waals surface area contributed by atoms with Crippen LogP contribution in [0.25, 0.3) is 10.2 Å². The number of morpholine rings is 1. The van der Waals surface area contributed by atoms with Crippen molar-refractivity contribution in [3.63, 3.8) is 0 Å². The maximum atomic E-state index is 5.64. The van der Waals surface area contributed by atoms with Crippen molar-refractivity contribution in [1.82, 2.24) is 4.98 Å². The SMILES string of the molecule is Cl.NCc1ccc2sc(N3CCOCC3)nc2c1. The van der Waals surface area contributed by atoms with Gasteiger partial charge >= 0.3 is 0 Å². The Morgan fingerprint density at radius 2 is 2.11 bits per heavy atom. The van der Waals surface area contributed by atoms with Crippen molar-refractivity contribution < 1.29 is 4.74 Å². The predicted octanol–water partition coefficient (Wildman–Crippen LogP) is 2.01. The van der Waals surface area contributed by atoms with E-state index in [0.717, 1.165) is 42.5 Å². The van der Waals surface area contributed by atoms with Gasteiger partial charge in [-0.3, -0.25) is 0 Å². The lowest BCUT2D eigenvalue weighted by atomic mass is 10.2. The van der Waals surface area contributed by atoms with Crippen LogP contribution >= 0.6 is 23.7 Å². The van der Waals surface area contributed by atoms with Crippen LogP contribution in [-0.2, 0) is 11.3 Å². The van der Waals surface area contributed by atoms with E-state index >= 15 is 0 Å². The Hall–Kier alpha value is -0.880. The number of rotatable bonds is 2. The van der Waals surface area contributed by atoms with Crippen LogP contribution in [0.5, 0.6) is 0 Å². The minimum Gasteiger partial charge on any atom is -0.378 e. The van der Waals surface area contributed by atoms with Gasteiger partial charge < -0.3 is 15.4 Å². The molecule has 2 N–H and O–H groups in total. The summed E-state index contributed by atoms with van der Waals surface area (Å²) in [7, 11) is 0. The lowest BCUT2D eigenvalue weighted by molar-refractivity contribution is 0.122. The Balaban J connectivity index is 0.00000120. The highest BCUT2D eigenvalue weighted by Gasteiger charge is 2.15. The van der Waals surface area contributed by atoms with Gasteiger partial charge in [0, 0.05) is 19.6 Å². The van der Waals surface area contributed by atoms with Crippen molar-refractivity contribution in [3.8, 4) is 0 Å². The Labute approximate surface area is 116 Å². The quantitative estimate of drug-likeness (QED) is 0.917. The van der Waals surface area contributed by atoms with Crippen molar-refractivity contribution in [2.75, 3.05) is 31.2 Å². The zero-order valence-corrected chi connectivity index (χ0v) is 11.6. The first kappa shape index (κ1) is 13.5. The van der Waals surface area contributed by atoms with E-state index < -0.39 is 0 Å². The molecule has 2 aromatic rings.